The number of aliphatic carboxylic acids is 1. The van der Waals surface area contributed by atoms with Gasteiger partial charge < -0.3 is 15.7 Å². The van der Waals surface area contributed by atoms with E-state index in [9.17, 15) is 4.79 Å². The first-order chi connectivity index (χ1) is 6.63. The second-order valence-electron chi connectivity index (χ2n) is 4.17. The minimum absolute atomic E-state index is 0.269. The maximum Gasteiger partial charge on any atom is 0.303 e. The smallest absolute Gasteiger partial charge is 0.303 e. The van der Waals surface area contributed by atoms with Gasteiger partial charge in [0.25, 0.3) is 0 Å². The zero-order chi connectivity index (χ0) is 10.6. The fourth-order valence-corrected chi connectivity index (χ4v) is 1.97. The van der Waals surface area contributed by atoms with Crippen LogP contribution in [0.15, 0.2) is 0 Å². The fourth-order valence-electron chi connectivity index (χ4n) is 1.97. The molecule has 4 nitrogen and oxygen atoms in total. The predicted octanol–water partition coefficient (Wildman–Crippen LogP) is 0.520. The lowest BCUT2D eigenvalue weighted by Crippen LogP contribution is -2.32. The molecule has 0 bridgehead atoms. The Hall–Kier alpha value is -0.610. The lowest BCUT2D eigenvalue weighted by Gasteiger charge is -2.23. The van der Waals surface area contributed by atoms with E-state index in [1.807, 2.05) is 0 Å². The normalized spacial score (nSPS) is 25.1. The number of nitrogens with zero attached hydrogens (tertiary/aromatic N) is 1. The van der Waals surface area contributed by atoms with Crippen LogP contribution in [-0.2, 0) is 4.79 Å². The van der Waals surface area contributed by atoms with Crippen LogP contribution in [0, 0.1) is 5.92 Å². The minimum atomic E-state index is -0.702. The molecule has 82 valence electrons. The molecule has 2 atom stereocenters. The Kier molecular flexibility index (Phi) is 4.35. The molecular formula is C10H20N2O2. The molecule has 0 aromatic heterocycles. The van der Waals surface area contributed by atoms with Crippen molar-refractivity contribution in [3.8, 4) is 0 Å². The van der Waals surface area contributed by atoms with Crippen molar-refractivity contribution in [3.63, 3.8) is 0 Å². The van der Waals surface area contributed by atoms with Gasteiger partial charge in [-0.25, -0.2) is 0 Å². The number of carboxylic acid groups (broad SMARTS) is 1. The maximum absolute atomic E-state index is 10.4. The Balaban J connectivity index is 2.24. The fraction of sp³-hybridized carbons (Fsp3) is 0.900. The number of hydrogen-bond acceptors (Lipinski definition) is 3. The van der Waals surface area contributed by atoms with Crippen LogP contribution >= 0.6 is 0 Å². The van der Waals surface area contributed by atoms with Gasteiger partial charge in [-0.3, -0.25) is 4.79 Å². The van der Waals surface area contributed by atoms with Gasteiger partial charge in [0.2, 0.25) is 0 Å². The van der Waals surface area contributed by atoms with Crippen LogP contribution < -0.4 is 5.73 Å². The molecule has 0 spiro atoms. The Bertz CT molecular complexity index is 197. The second-order valence-corrected chi connectivity index (χ2v) is 4.17. The van der Waals surface area contributed by atoms with Gasteiger partial charge in [-0.15, -0.1) is 0 Å². The first-order valence-electron chi connectivity index (χ1n) is 5.29. The number of likely N-dealkylation sites (tertiary alicyclic amines) is 1. The molecule has 1 aliphatic heterocycles. The lowest BCUT2D eigenvalue weighted by atomic mass is 10.1. The highest BCUT2D eigenvalue weighted by atomic mass is 16.4. The third-order valence-electron chi connectivity index (χ3n) is 3.05. The number of carboxylic acids is 1. The first-order valence-corrected chi connectivity index (χ1v) is 5.29. The zero-order valence-electron chi connectivity index (χ0n) is 8.78. The summed E-state index contributed by atoms with van der Waals surface area (Å²) in [6.07, 6.45) is 2.17. The largest absolute Gasteiger partial charge is 0.481 e. The van der Waals surface area contributed by atoms with E-state index in [-0.39, 0.29) is 6.42 Å². The summed E-state index contributed by atoms with van der Waals surface area (Å²) < 4.78 is 0. The van der Waals surface area contributed by atoms with E-state index >= 15 is 0 Å². The van der Waals surface area contributed by atoms with Gasteiger partial charge in [-0.1, -0.05) is 0 Å². The van der Waals surface area contributed by atoms with Crippen molar-refractivity contribution in [3.05, 3.63) is 0 Å². The van der Waals surface area contributed by atoms with E-state index in [0.29, 0.717) is 12.0 Å². The van der Waals surface area contributed by atoms with Gasteiger partial charge >= 0.3 is 5.97 Å². The molecule has 0 radical (unpaired) electrons. The Morgan fingerprint density at radius 2 is 2.43 bits per heavy atom. The van der Waals surface area contributed by atoms with Crippen molar-refractivity contribution in [2.75, 3.05) is 19.6 Å². The Morgan fingerprint density at radius 3 is 2.93 bits per heavy atom. The van der Waals surface area contributed by atoms with E-state index in [4.69, 9.17) is 10.8 Å². The topological polar surface area (TPSA) is 66.6 Å². The molecule has 1 aliphatic rings. The monoisotopic (exact) mass is 200 g/mol. The Labute approximate surface area is 85.1 Å². The summed E-state index contributed by atoms with van der Waals surface area (Å²) in [5.41, 5.74) is 5.60. The van der Waals surface area contributed by atoms with Crippen LogP contribution in [0.3, 0.4) is 0 Å². The number of carbonyl (C=O) groups is 1. The molecule has 1 rings (SSSR count). The minimum Gasteiger partial charge on any atom is -0.481 e. The molecule has 14 heavy (non-hydrogen) atoms. The van der Waals surface area contributed by atoms with E-state index < -0.39 is 5.97 Å². The zero-order valence-corrected chi connectivity index (χ0v) is 8.78. The van der Waals surface area contributed by atoms with E-state index in [2.05, 4.69) is 11.8 Å². The van der Waals surface area contributed by atoms with Crippen LogP contribution in [0.5, 0.6) is 0 Å². The van der Waals surface area contributed by atoms with Gasteiger partial charge in [0, 0.05) is 19.0 Å². The summed E-state index contributed by atoms with van der Waals surface area (Å²) in [5.74, 6) is -0.0892. The van der Waals surface area contributed by atoms with Gasteiger partial charge in [-0.05, 0) is 38.8 Å². The van der Waals surface area contributed by atoms with Crippen LogP contribution in [0.1, 0.15) is 26.2 Å². The molecule has 1 fully saturated rings. The summed E-state index contributed by atoms with van der Waals surface area (Å²) in [6.45, 7) is 4.96. The standard InChI is InChI=1S/C10H20N2O2/c1-8(2-3-10(13)14)12-5-4-9(6-11)7-12/h8-9H,2-7,11H2,1H3,(H,13,14). The van der Waals surface area contributed by atoms with Crippen LogP contribution in [-0.4, -0.2) is 41.7 Å². The number of rotatable bonds is 5. The van der Waals surface area contributed by atoms with Crippen molar-refractivity contribution in [1.82, 2.24) is 4.90 Å². The maximum atomic E-state index is 10.4. The van der Waals surface area contributed by atoms with Crippen molar-refractivity contribution < 1.29 is 9.90 Å². The van der Waals surface area contributed by atoms with E-state index in [1.54, 1.807) is 0 Å². The highest BCUT2D eigenvalue weighted by Crippen LogP contribution is 2.19. The molecule has 2 unspecified atom stereocenters. The average molecular weight is 200 g/mol. The van der Waals surface area contributed by atoms with Crippen molar-refractivity contribution >= 4 is 5.97 Å². The molecule has 1 saturated heterocycles. The third-order valence-corrected chi connectivity index (χ3v) is 3.05. The van der Waals surface area contributed by atoms with E-state index in [0.717, 1.165) is 32.5 Å². The Morgan fingerprint density at radius 1 is 1.71 bits per heavy atom. The molecule has 0 aromatic rings. The highest BCUT2D eigenvalue weighted by Gasteiger charge is 2.24. The number of nitrogens with two attached hydrogens (primary N) is 1. The van der Waals surface area contributed by atoms with Gasteiger partial charge in [0.1, 0.15) is 0 Å². The molecule has 0 aromatic carbocycles. The first kappa shape index (κ1) is 11.5. The quantitative estimate of drug-likeness (QED) is 0.679. The molecular weight excluding hydrogens is 180 g/mol. The van der Waals surface area contributed by atoms with Crippen molar-refractivity contribution in [1.29, 1.82) is 0 Å². The molecule has 4 heteroatoms. The lowest BCUT2D eigenvalue weighted by molar-refractivity contribution is -0.137. The van der Waals surface area contributed by atoms with Crippen LogP contribution in [0.2, 0.25) is 0 Å². The molecule has 0 aliphatic carbocycles. The van der Waals surface area contributed by atoms with Gasteiger partial charge in [0.05, 0.1) is 0 Å². The van der Waals surface area contributed by atoms with Crippen LogP contribution in [0.4, 0.5) is 0 Å². The van der Waals surface area contributed by atoms with E-state index in [1.165, 1.54) is 0 Å². The third kappa shape index (κ3) is 3.27. The molecule has 0 saturated carbocycles. The van der Waals surface area contributed by atoms with Gasteiger partial charge in [-0.2, -0.15) is 0 Å². The predicted molar refractivity (Wildman–Crippen MR) is 55.1 cm³/mol. The molecule has 3 N–H and O–H groups in total. The molecule has 0 amide bonds. The molecule has 1 heterocycles. The average Bonchev–Trinajstić information content (AvgIpc) is 2.62. The summed E-state index contributed by atoms with van der Waals surface area (Å²) in [4.78, 5) is 12.7. The summed E-state index contributed by atoms with van der Waals surface area (Å²) in [7, 11) is 0. The van der Waals surface area contributed by atoms with Crippen LogP contribution in [0.25, 0.3) is 0 Å². The summed E-state index contributed by atoms with van der Waals surface area (Å²) in [5, 5.41) is 8.56. The van der Waals surface area contributed by atoms with Gasteiger partial charge in [0.15, 0.2) is 0 Å². The van der Waals surface area contributed by atoms with Crippen molar-refractivity contribution in [2.24, 2.45) is 11.7 Å². The summed E-state index contributed by atoms with van der Waals surface area (Å²) >= 11 is 0. The highest BCUT2D eigenvalue weighted by molar-refractivity contribution is 5.66. The number of hydrogen-bond donors (Lipinski definition) is 2. The second kappa shape index (κ2) is 5.32. The van der Waals surface area contributed by atoms with Crippen molar-refractivity contribution in [2.45, 2.75) is 32.2 Å². The SMILES string of the molecule is CC(CCC(=O)O)N1CCC(CN)C1. The summed E-state index contributed by atoms with van der Waals surface area (Å²) in [6, 6.07) is 0.377.